The molecule has 0 aliphatic carbocycles. The van der Waals surface area contributed by atoms with Gasteiger partial charge in [-0.05, 0) is 36.7 Å². The SMILES string of the molecule is c1cc(-c2cncc(OC3CCNC3)c2)ccn1. The molecule has 3 rings (SSSR count). The maximum atomic E-state index is 5.90. The summed E-state index contributed by atoms with van der Waals surface area (Å²) in [4.78, 5) is 8.25. The maximum Gasteiger partial charge on any atom is 0.138 e. The van der Waals surface area contributed by atoms with Gasteiger partial charge in [0, 0.05) is 30.7 Å². The van der Waals surface area contributed by atoms with Gasteiger partial charge in [-0.2, -0.15) is 0 Å². The van der Waals surface area contributed by atoms with Crippen LogP contribution in [0.4, 0.5) is 0 Å². The summed E-state index contributed by atoms with van der Waals surface area (Å²) in [6.45, 7) is 1.95. The van der Waals surface area contributed by atoms with Gasteiger partial charge in [0.15, 0.2) is 0 Å². The topological polar surface area (TPSA) is 47.0 Å². The highest BCUT2D eigenvalue weighted by molar-refractivity contribution is 5.63. The molecule has 92 valence electrons. The molecule has 4 heteroatoms. The minimum atomic E-state index is 0.263. The van der Waals surface area contributed by atoms with Crippen LogP contribution in [0.2, 0.25) is 0 Å². The number of ether oxygens (including phenoxy) is 1. The van der Waals surface area contributed by atoms with Crippen molar-refractivity contribution in [1.82, 2.24) is 15.3 Å². The first-order valence-corrected chi connectivity index (χ1v) is 6.14. The highest BCUT2D eigenvalue weighted by atomic mass is 16.5. The zero-order valence-corrected chi connectivity index (χ0v) is 10.0. The van der Waals surface area contributed by atoms with Crippen LogP contribution in [-0.4, -0.2) is 29.2 Å². The summed E-state index contributed by atoms with van der Waals surface area (Å²) in [6, 6.07) is 5.97. The van der Waals surface area contributed by atoms with Crippen LogP contribution in [-0.2, 0) is 0 Å². The zero-order valence-electron chi connectivity index (χ0n) is 10.0. The van der Waals surface area contributed by atoms with Crippen LogP contribution < -0.4 is 10.1 Å². The fourth-order valence-electron chi connectivity index (χ4n) is 2.11. The second kappa shape index (κ2) is 5.14. The summed E-state index contributed by atoms with van der Waals surface area (Å²) in [6.07, 6.45) is 8.49. The zero-order chi connectivity index (χ0) is 12.2. The molecular weight excluding hydrogens is 226 g/mol. The minimum absolute atomic E-state index is 0.263. The molecule has 1 atom stereocenters. The van der Waals surface area contributed by atoms with Gasteiger partial charge in [0.1, 0.15) is 11.9 Å². The van der Waals surface area contributed by atoms with Gasteiger partial charge in [0.05, 0.1) is 6.20 Å². The van der Waals surface area contributed by atoms with E-state index in [0.29, 0.717) is 0 Å². The number of hydrogen-bond acceptors (Lipinski definition) is 4. The predicted octanol–water partition coefficient (Wildman–Crippen LogP) is 1.88. The van der Waals surface area contributed by atoms with E-state index in [-0.39, 0.29) is 6.10 Å². The van der Waals surface area contributed by atoms with Gasteiger partial charge >= 0.3 is 0 Å². The van der Waals surface area contributed by atoms with Crippen molar-refractivity contribution in [1.29, 1.82) is 0 Å². The van der Waals surface area contributed by atoms with Crippen LogP contribution in [0.1, 0.15) is 6.42 Å². The van der Waals surface area contributed by atoms with E-state index >= 15 is 0 Å². The van der Waals surface area contributed by atoms with Crippen molar-refractivity contribution in [2.24, 2.45) is 0 Å². The van der Waals surface area contributed by atoms with Crippen LogP contribution in [0.15, 0.2) is 43.0 Å². The van der Waals surface area contributed by atoms with Crippen molar-refractivity contribution >= 4 is 0 Å². The minimum Gasteiger partial charge on any atom is -0.487 e. The van der Waals surface area contributed by atoms with Crippen molar-refractivity contribution in [2.75, 3.05) is 13.1 Å². The Balaban J connectivity index is 1.80. The summed E-state index contributed by atoms with van der Waals surface area (Å²) in [5, 5.41) is 3.29. The molecule has 1 aliphatic rings. The average Bonchev–Trinajstić information content (AvgIpc) is 2.93. The number of nitrogens with zero attached hydrogens (tertiary/aromatic N) is 2. The van der Waals surface area contributed by atoms with Crippen molar-refractivity contribution in [3.8, 4) is 16.9 Å². The molecule has 2 aromatic heterocycles. The average molecular weight is 241 g/mol. The smallest absolute Gasteiger partial charge is 0.138 e. The monoisotopic (exact) mass is 241 g/mol. The Labute approximate surface area is 106 Å². The van der Waals surface area contributed by atoms with Gasteiger partial charge in [-0.1, -0.05) is 0 Å². The number of hydrogen-bond donors (Lipinski definition) is 1. The molecule has 1 N–H and O–H groups in total. The van der Waals surface area contributed by atoms with Gasteiger partial charge in [-0.25, -0.2) is 0 Å². The number of pyridine rings is 2. The first-order valence-electron chi connectivity index (χ1n) is 6.14. The van der Waals surface area contributed by atoms with Crippen LogP contribution in [0.5, 0.6) is 5.75 Å². The fourth-order valence-corrected chi connectivity index (χ4v) is 2.11. The molecule has 0 amide bonds. The molecule has 0 saturated carbocycles. The lowest BCUT2D eigenvalue weighted by Gasteiger charge is -2.12. The molecule has 1 fully saturated rings. The van der Waals surface area contributed by atoms with Crippen molar-refractivity contribution in [3.63, 3.8) is 0 Å². The molecule has 4 nitrogen and oxygen atoms in total. The van der Waals surface area contributed by atoms with Gasteiger partial charge in [-0.3, -0.25) is 9.97 Å². The molecule has 0 aromatic carbocycles. The van der Waals surface area contributed by atoms with Gasteiger partial charge in [0.2, 0.25) is 0 Å². The summed E-state index contributed by atoms with van der Waals surface area (Å²) in [7, 11) is 0. The third-order valence-electron chi connectivity index (χ3n) is 3.04. The van der Waals surface area contributed by atoms with Crippen LogP contribution in [0.3, 0.4) is 0 Å². The van der Waals surface area contributed by atoms with E-state index in [0.717, 1.165) is 36.4 Å². The fraction of sp³-hybridized carbons (Fsp3) is 0.286. The highest BCUT2D eigenvalue weighted by Gasteiger charge is 2.16. The van der Waals surface area contributed by atoms with Gasteiger partial charge < -0.3 is 10.1 Å². The first kappa shape index (κ1) is 11.2. The van der Waals surface area contributed by atoms with E-state index in [4.69, 9.17) is 4.74 Å². The third-order valence-corrected chi connectivity index (χ3v) is 3.04. The Morgan fingerprint density at radius 3 is 2.78 bits per heavy atom. The van der Waals surface area contributed by atoms with E-state index in [2.05, 4.69) is 15.3 Å². The van der Waals surface area contributed by atoms with Crippen molar-refractivity contribution < 1.29 is 4.74 Å². The molecule has 2 aromatic rings. The van der Waals surface area contributed by atoms with Crippen LogP contribution in [0, 0.1) is 0 Å². The second-order valence-electron chi connectivity index (χ2n) is 4.38. The van der Waals surface area contributed by atoms with E-state index in [1.807, 2.05) is 24.4 Å². The number of nitrogens with one attached hydrogen (secondary N) is 1. The molecule has 1 unspecified atom stereocenters. The Morgan fingerprint density at radius 1 is 1.11 bits per heavy atom. The molecule has 3 heterocycles. The quantitative estimate of drug-likeness (QED) is 0.891. The third kappa shape index (κ3) is 2.49. The van der Waals surface area contributed by atoms with E-state index < -0.39 is 0 Å². The van der Waals surface area contributed by atoms with Crippen molar-refractivity contribution in [2.45, 2.75) is 12.5 Å². The maximum absolute atomic E-state index is 5.90. The summed E-state index contributed by atoms with van der Waals surface area (Å²) in [5.41, 5.74) is 2.16. The molecule has 18 heavy (non-hydrogen) atoms. The van der Waals surface area contributed by atoms with Gasteiger partial charge in [-0.15, -0.1) is 0 Å². The standard InChI is InChI=1S/C14H15N3O/c1-4-15-5-2-11(1)12-7-14(10-17-8-12)18-13-3-6-16-9-13/h1-2,4-5,7-8,10,13,16H,3,6,9H2. The molecule has 1 saturated heterocycles. The lowest BCUT2D eigenvalue weighted by Crippen LogP contribution is -2.19. The predicted molar refractivity (Wildman–Crippen MR) is 69.4 cm³/mol. The summed E-state index contributed by atoms with van der Waals surface area (Å²) >= 11 is 0. The molecule has 1 aliphatic heterocycles. The molecule has 0 bridgehead atoms. The second-order valence-corrected chi connectivity index (χ2v) is 4.38. The molecular formula is C14H15N3O. The molecule has 0 spiro atoms. The van der Waals surface area contributed by atoms with Crippen molar-refractivity contribution in [3.05, 3.63) is 43.0 Å². The van der Waals surface area contributed by atoms with E-state index in [1.165, 1.54) is 0 Å². The lowest BCUT2D eigenvalue weighted by atomic mass is 10.1. The Kier molecular flexibility index (Phi) is 3.19. The summed E-state index contributed by atoms with van der Waals surface area (Å²) < 4.78 is 5.90. The normalized spacial score (nSPS) is 18.8. The van der Waals surface area contributed by atoms with E-state index in [9.17, 15) is 0 Å². The Morgan fingerprint density at radius 2 is 2.00 bits per heavy atom. The lowest BCUT2D eigenvalue weighted by molar-refractivity contribution is 0.222. The number of rotatable bonds is 3. The van der Waals surface area contributed by atoms with Crippen LogP contribution in [0.25, 0.3) is 11.1 Å². The van der Waals surface area contributed by atoms with E-state index in [1.54, 1.807) is 18.6 Å². The van der Waals surface area contributed by atoms with Gasteiger partial charge in [0.25, 0.3) is 0 Å². The Bertz CT molecular complexity index is 509. The number of aromatic nitrogens is 2. The largest absolute Gasteiger partial charge is 0.487 e. The highest BCUT2D eigenvalue weighted by Crippen LogP contribution is 2.23. The molecule has 0 radical (unpaired) electrons. The van der Waals surface area contributed by atoms with Crippen LogP contribution >= 0.6 is 0 Å². The Hall–Kier alpha value is -1.94. The first-order chi connectivity index (χ1) is 8.92. The summed E-state index contributed by atoms with van der Waals surface area (Å²) in [5.74, 6) is 0.831.